The molecule has 2 aliphatic carbocycles. The fraction of sp³-hybridized carbons (Fsp3) is 0.645. The summed E-state index contributed by atoms with van der Waals surface area (Å²) in [6.45, 7) is 5.23. The van der Waals surface area contributed by atoms with Gasteiger partial charge in [0.1, 0.15) is 41.4 Å². The van der Waals surface area contributed by atoms with E-state index in [-0.39, 0.29) is 25.7 Å². The number of aliphatic carboxylic acids is 1. The molecule has 3 N–H and O–H groups in total. The van der Waals surface area contributed by atoms with Crippen molar-refractivity contribution in [2.45, 2.75) is 102 Å². The van der Waals surface area contributed by atoms with E-state index in [0.717, 1.165) is 17.7 Å². The molecule has 0 bridgehead atoms. The number of carboxylic acids is 1. The molecule has 1 saturated heterocycles. The second kappa shape index (κ2) is 13.0. The Morgan fingerprint density at radius 1 is 1.15 bits per heavy atom. The van der Waals surface area contributed by atoms with Crippen LogP contribution in [-0.4, -0.2) is 89.0 Å². The number of hydrogen-bond donors (Lipinski definition) is 3. The maximum atomic E-state index is 14.1. The van der Waals surface area contributed by atoms with Crippen LogP contribution in [0.5, 0.6) is 5.75 Å². The molecule has 1 unspecified atom stereocenters. The van der Waals surface area contributed by atoms with Crippen molar-refractivity contribution >= 4 is 29.6 Å². The van der Waals surface area contributed by atoms with Gasteiger partial charge >= 0.3 is 12.1 Å². The van der Waals surface area contributed by atoms with Crippen LogP contribution in [0.25, 0.3) is 0 Å². The van der Waals surface area contributed by atoms with E-state index in [9.17, 15) is 37.5 Å². The number of nitrogens with zero attached hydrogens (tertiary/aromatic N) is 2. The molecule has 252 valence electrons. The molecule has 3 amide bonds. The summed E-state index contributed by atoms with van der Waals surface area (Å²) < 4.78 is 52.0. The number of hydrogen-bond acceptors (Lipinski definition) is 8. The number of oxime groups is 1. The minimum Gasteiger partial charge on any atom is -0.492 e. The first-order chi connectivity index (χ1) is 21.7. The van der Waals surface area contributed by atoms with Gasteiger partial charge in [-0.25, -0.2) is 22.8 Å². The zero-order valence-electron chi connectivity index (χ0n) is 25.9. The highest BCUT2D eigenvalue weighted by Gasteiger charge is 2.66. The third-order valence-electron chi connectivity index (χ3n) is 9.01. The molecule has 2 saturated carbocycles. The van der Waals surface area contributed by atoms with E-state index in [2.05, 4.69) is 15.8 Å². The van der Waals surface area contributed by atoms with E-state index in [0.29, 0.717) is 36.3 Å². The molecule has 15 heteroatoms. The van der Waals surface area contributed by atoms with Crippen LogP contribution in [0.3, 0.4) is 0 Å². The maximum absolute atomic E-state index is 14.1. The Morgan fingerprint density at radius 2 is 1.87 bits per heavy atom. The van der Waals surface area contributed by atoms with Gasteiger partial charge in [0.05, 0.1) is 24.8 Å². The molecule has 1 aromatic rings. The lowest BCUT2D eigenvalue weighted by molar-refractivity contribution is -0.147. The van der Waals surface area contributed by atoms with Crippen molar-refractivity contribution < 1.29 is 51.8 Å². The Morgan fingerprint density at radius 3 is 2.50 bits per heavy atom. The Bertz CT molecular complexity index is 1400. The lowest BCUT2D eigenvalue weighted by Crippen LogP contribution is -2.59. The van der Waals surface area contributed by atoms with Gasteiger partial charge in [0.25, 0.3) is 0 Å². The highest BCUT2D eigenvalue weighted by Crippen LogP contribution is 2.48. The third-order valence-corrected chi connectivity index (χ3v) is 9.01. The van der Waals surface area contributed by atoms with Crippen LogP contribution in [0.15, 0.2) is 23.4 Å². The summed E-state index contributed by atoms with van der Waals surface area (Å²) in [5.74, 6) is -4.89. The van der Waals surface area contributed by atoms with Crippen LogP contribution in [0, 0.1) is 17.2 Å². The van der Waals surface area contributed by atoms with Gasteiger partial charge in [-0.3, -0.25) is 9.59 Å². The SMILES string of the molecule is CC(C)(C)[C@H](NC(=O)OC1CCCC1)C(=O)N1C[C@H](O/N=C2/CCOc3ccc(F)cc32)CC1C(=O)N[C@@]1(C(=O)O)C[C@H]1C(F)F. The van der Waals surface area contributed by atoms with E-state index in [1.807, 2.05) is 0 Å². The van der Waals surface area contributed by atoms with Gasteiger partial charge in [0.15, 0.2) is 0 Å². The molecule has 1 aromatic carbocycles. The van der Waals surface area contributed by atoms with Crippen molar-refractivity contribution in [3.8, 4) is 5.75 Å². The summed E-state index contributed by atoms with van der Waals surface area (Å²) in [5.41, 5.74) is -2.25. The zero-order valence-corrected chi connectivity index (χ0v) is 25.9. The third kappa shape index (κ3) is 7.02. The molecule has 0 spiro atoms. The van der Waals surface area contributed by atoms with E-state index >= 15 is 0 Å². The van der Waals surface area contributed by atoms with Gasteiger partial charge in [-0.15, -0.1) is 0 Å². The van der Waals surface area contributed by atoms with Crippen LogP contribution in [-0.2, 0) is 24.0 Å². The highest BCUT2D eigenvalue weighted by molar-refractivity contribution is 6.03. The number of carbonyl (C=O) groups excluding carboxylic acids is 3. The molecule has 4 aliphatic rings. The van der Waals surface area contributed by atoms with Crippen molar-refractivity contribution in [2.75, 3.05) is 13.2 Å². The number of alkyl halides is 2. The van der Waals surface area contributed by atoms with E-state index in [1.165, 1.54) is 18.2 Å². The standard InChI is InChI=1S/C31H39F3N4O8/c1-30(2,3)24(35-29(43)45-17-6-4-5-7-17)27(40)38-15-18(46-37-21-10-11-44-23-9-8-16(32)12-19(21)23)13-22(38)26(39)36-31(28(41)42)14-20(31)25(33)34/h8-9,12,17-18,20,22,24-25H,4-7,10-11,13-15H2,1-3H3,(H,35,43)(H,36,39)(H,41,42)/b37-21-/t18-,20+,22?,24-,31+/m1/s1. The quantitative estimate of drug-likeness (QED) is 0.342. The fourth-order valence-electron chi connectivity index (χ4n) is 6.31. The second-order valence-electron chi connectivity index (χ2n) is 13.4. The first-order valence-corrected chi connectivity index (χ1v) is 15.5. The van der Waals surface area contributed by atoms with E-state index in [1.54, 1.807) is 20.8 Å². The summed E-state index contributed by atoms with van der Waals surface area (Å²) in [4.78, 5) is 59.4. The molecule has 2 aliphatic heterocycles. The number of halogens is 3. The van der Waals surface area contributed by atoms with E-state index < -0.39 is 77.6 Å². The minimum atomic E-state index is -2.97. The van der Waals surface area contributed by atoms with Crippen molar-refractivity contribution in [1.82, 2.24) is 15.5 Å². The average molecular weight is 653 g/mol. The Kier molecular flexibility index (Phi) is 9.41. The largest absolute Gasteiger partial charge is 0.492 e. The van der Waals surface area contributed by atoms with Crippen LogP contribution in [0.1, 0.15) is 71.3 Å². The first kappa shape index (κ1) is 33.3. The number of rotatable bonds is 9. The molecule has 0 radical (unpaired) electrons. The number of fused-ring (bicyclic) bond motifs is 1. The lowest BCUT2D eigenvalue weighted by atomic mass is 9.85. The van der Waals surface area contributed by atoms with Gasteiger partial charge in [0.2, 0.25) is 18.2 Å². The molecule has 3 fully saturated rings. The predicted octanol–water partition coefficient (Wildman–Crippen LogP) is 3.61. The topological polar surface area (TPSA) is 156 Å². The molecule has 12 nitrogen and oxygen atoms in total. The van der Waals surface area contributed by atoms with Crippen LogP contribution >= 0.6 is 0 Å². The maximum Gasteiger partial charge on any atom is 0.408 e. The highest BCUT2D eigenvalue weighted by atomic mass is 19.3. The van der Waals surface area contributed by atoms with Gasteiger partial charge < -0.3 is 35.0 Å². The first-order valence-electron chi connectivity index (χ1n) is 15.5. The Balaban J connectivity index is 1.38. The summed E-state index contributed by atoms with van der Waals surface area (Å²) >= 11 is 0. The van der Waals surface area contributed by atoms with E-state index in [4.69, 9.17) is 14.3 Å². The summed E-state index contributed by atoms with van der Waals surface area (Å²) in [6.07, 6.45) is -1.95. The fourth-order valence-corrected chi connectivity index (χ4v) is 6.31. The number of alkyl carbamates (subject to hydrolysis) is 1. The lowest BCUT2D eigenvalue weighted by Gasteiger charge is -2.35. The summed E-state index contributed by atoms with van der Waals surface area (Å²) in [7, 11) is 0. The average Bonchev–Trinajstić information content (AvgIpc) is 3.28. The van der Waals surface area contributed by atoms with Crippen molar-refractivity contribution in [1.29, 1.82) is 0 Å². The number of likely N-dealkylation sites (tertiary alicyclic amines) is 1. The number of ether oxygens (including phenoxy) is 2. The van der Waals surface area contributed by atoms with Gasteiger partial charge in [0, 0.05) is 18.4 Å². The predicted molar refractivity (Wildman–Crippen MR) is 156 cm³/mol. The monoisotopic (exact) mass is 652 g/mol. The minimum absolute atomic E-state index is 0.153. The molecule has 5 atom stereocenters. The number of amides is 3. The number of carbonyl (C=O) groups is 4. The van der Waals surface area contributed by atoms with Gasteiger partial charge in [-0.1, -0.05) is 25.9 Å². The van der Waals surface area contributed by atoms with Crippen molar-refractivity contribution in [3.63, 3.8) is 0 Å². The summed E-state index contributed by atoms with van der Waals surface area (Å²) in [5, 5.41) is 18.8. The van der Waals surface area contributed by atoms with Crippen LogP contribution in [0.2, 0.25) is 0 Å². The van der Waals surface area contributed by atoms with Gasteiger partial charge in [-0.2, -0.15) is 0 Å². The second-order valence-corrected chi connectivity index (χ2v) is 13.4. The van der Waals surface area contributed by atoms with Gasteiger partial charge in [-0.05, 0) is 55.7 Å². The molecular formula is C31H39F3N4O8. The van der Waals surface area contributed by atoms with Crippen LogP contribution < -0.4 is 15.4 Å². The number of carboxylic acid groups (broad SMARTS) is 1. The molecule has 46 heavy (non-hydrogen) atoms. The van der Waals surface area contributed by atoms with Crippen molar-refractivity contribution in [2.24, 2.45) is 16.5 Å². The zero-order chi connectivity index (χ0) is 33.4. The smallest absolute Gasteiger partial charge is 0.408 e. The molecule has 0 aromatic heterocycles. The summed E-state index contributed by atoms with van der Waals surface area (Å²) in [6, 6.07) is 1.47. The molecule has 2 heterocycles. The number of benzene rings is 1. The molecule has 5 rings (SSSR count). The van der Waals surface area contributed by atoms with Crippen LogP contribution in [0.4, 0.5) is 18.0 Å². The number of nitrogens with one attached hydrogen (secondary N) is 2. The Labute approximate surface area is 264 Å². The molecular weight excluding hydrogens is 613 g/mol. The van der Waals surface area contributed by atoms with Crippen molar-refractivity contribution in [3.05, 3.63) is 29.6 Å². The Hall–Kier alpha value is -4.04. The normalized spacial score (nSPS) is 27.5.